The summed E-state index contributed by atoms with van der Waals surface area (Å²) in [6, 6.07) is 3.03. The lowest BCUT2D eigenvalue weighted by Gasteiger charge is -2.28. The molecule has 1 rings (SSSR count). The molecule has 0 saturated carbocycles. The van der Waals surface area contributed by atoms with E-state index >= 15 is 0 Å². The van der Waals surface area contributed by atoms with Gasteiger partial charge in [-0.25, -0.2) is 0 Å². The minimum Gasteiger partial charge on any atom is -0.337 e. The Morgan fingerprint density at radius 1 is 1.24 bits per heavy atom. The van der Waals surface area contributed by atoms with E-state index in [-0.39, 0.29) is 11.5 Å². The van der Waals surface area contributed by atoms with Crippen LogP contribution in [0.4, 0.5) is 0 Å². The number of pyridine rings is 1. The molecule has 118 valence electrons. The number of nitrogens with zero attached hydrogens (tertiary/aromatic N) is 2. The SMILES string of the molecule is CCN(CC)CCN(CC(C)C)C(=O)c1cc[nH]c(=O)c1. The normalized spacial score (nSPS) is 11.1. The highest BCUT2D eigenvalue weighted by molar-refractivity contribution is 5.94. The molecule has 0 aromatic carbocycles. The fourth-order valence-electron chi connectivity index (χ4n) is 2.28. The highest BCUT2D eigenvalue weighted by atomic mass is 16.2. The lowest BCUT2D eigenvalue weighted by Crippen LogP contribution is -2.40. The maximum Gasteiger partial charge on any atom is 0.254 e. The number of aromatic nitrogens is 1. The second kappa shape index (κ2) is 8.62. The zero-order chi connectivity index (χ0) is 15.8. The first-order chi connectivity index (χ1) is 9.97. The summed E-state index contributed by atoms with van der Waals surface area (Å²) in [6.45, 7) is 12.6. The fourth-order valence-corrected chi connectivity index (χ4v) is 2.28. The van der Waals surface area contributed by atoms with Gasteiger partial charge in [-0.2, -0.15) is 0 Å². The maximum absolute atomic E-state index is 12.6. The van der Waals surface area contributed by atoms with Gasteiger partial charge in [0.05, 0.1) is 0 Å². The van der Waals surface area contributed by atoms with Crippen molar-refractivity contribution < 1.29 is 4.79 Å². The minimum atomic E-state index is -0.242. The van der Waals surface area contributed by atoms with Crippen LogP contribution in [0, 0.1) is 5.92 Å². The molecule has 1 aromatic rings. The number of likely N-dealkylation sites (N-methyl/N-ethyl adjacent to an activating group) is 1. The third kappa shape index (κ3) is 5.71. The smallest absolute Gasteiger partial charge is 0.254 e. The third-order valence-electron chi connectivity index (χ3n) is 3.48. The van der Waals surface area contributed by atoms with E-state index in [9.17, 15) is 9.59 Å². The number of carbonyl (C=O) groups is 1. The quantitative estimate of drug-likeness (QED) is 0.795. The Morgan fingerprint density at radius 3 is 2.43 bits per heavy atom. The van der Waals surface area contributed by atoms with Crippen LogP contribution < -0.4 is 5.56 Å². The predicted octanol–water partition coefficient (Wildman–Crippen LogP) is 1.81. The van der Waals surface area contributed by atoms with E-state index < -0.39 is 0 Å². The Bertz CT molecular complexity index is 492. The molecule has 0 aliphatic heterocycles. The lowest BCUT2D eigenvalue weighted by atomic mass is 10.1. The average Bonchev–Trinajstić information content (AvgIpc) is 2.46. The standard InChI is InChI=1S/C16H27N3O2/c1-5-18(6-2)9-10-19(12-13(3)4)16(21)14-7-8-17-15(20)11-14/h7-8,11,13H,5-6,9-10,12H2,1-4H3,(H,17,20). The first-order valence-corrected chi connectivity index (χ1v) is 7.68. The molecule has 1 heterocycles. The molecule has 0 fully saturated rings. The summed E-state index contributed by atoms with van der Waals surface area (Å²) in [5.41, 5.74) is 0.216. The number of hydrogen-bond donors (Lipinski definition) is 1. The van der Waals surface area contributed by atoms with Gasteiger partial charge in [0.2, 0.25) is 5.56 Å². The fraction of sp³-hybridized carbons (Fsp3) is 0.625. The Morgan fingerprint density at radius 2 is 1.90 bits per heavy atom. The van der Waals surface area contributed by atoms with Crippen LogP contribution in [0.5, 0.6) is 0 Å². The van der Waals surface area contributed by atoms with Crippen LogP contribution in [-0.2, 0) is 0 Å². The van der Waals surface area contributed by atoms with Gasteiger partial charge in [0, 0.05) is 37.5 Å². The molecule has 0 spiro atoms. The van der Waals surface area contributed by atoms with Crippen molar-refractivity contribution in [2.24, 2.45) is 5.92 Å². The summed E-state index contributed by atoms with van der Waals surface area (Å²) in [6.07, 6.45) is 1.52. The summed E-state index contributed by atoms with van der Waals surface area (Å²) in [5, 5.41) is 0. The predicted molar refractivity (Wildman–Crippen MR) is 85.6 cm³/mol. The molecular weight excluding hydrogens is 266 g/mol. The minimum absolute atomic E-state index is 0.0676. The van der Waals surface area contributed by atoms with Gasteiger partial charge >= 0.3 is 0 Å². The summed E-state index contributed by atoms with van der Waals surface area (Å²) in [7, 11) is 0. The first kappa shape index (κ1) is 17.4. The van der Waals surface area contributed by atoms with Crippen LogP contribution in [0.15, 0.2) is 23.1 Å². The topological polar surface area (TPSA) is 56.4 Å². The maximum atomic E-state index is 12.6. The Kier molecular flexibility index (Phi) is 7.15. The van der Waals surface area contributed by atoms with Gasteiger partial charge in [0.25, 0.3) is 5.91 Å². The molecule has 21 heavy (non-hydrogen) atoms. The van der Waals surface area contributed by atoms with Crippen LogP contribution in [0.1, 0.15) is 38.1 Å². The van der Waals surface area contributed by atoms with E-state index in [1.807, 2.05) is 4.90 Å². The Labute approximate surface area is 127 Å². The van der Waals surface area contributed by atoms with E-state index in [1.165, 1.54) is 12.3 Å². The zero-order valence-electron chi connectivity index (χ0n) is 13.6. The summed E-state index contributed by atoms with van der Waals surface area (Å²) in [4.78, 5) is 30.6. The first-order valence-electron chi connectivity index (χ1n) is 7.68. The number of aromatic amines is 1. The van der Waals surface area contributed by atoms with Gasteiger partial charge in [-0.15, -0.1) is 0 Å². The van der Waals surface area contributed by atoms with Crippen LogP contribution in [0.3, 0.4) is 0 Å². The van der Waals surface area contributed by atoms with Crippen LogP contribution in [0.25, 0.3) is 0 Å². The van der Waals surface area contributed by atoms with Crippen LogP contribution >= 0.6 is 0 Å². The second-order valence-corrected chi connectivity index (χ2v) is 5.61. The van der Waals surface area contributed by atoms with Crippen molar-refractivity contribution in [3.63, 3.8) is 0 Å². The Hall–Kier alpha value is -1.62. The van der Waals surface area contributed by atoms with Crippen molar-refractivity contribution in [2.75, 3.05) is 32.7 Å². The van der Waals surface area contributed by atoms with Gasteiger partial charge in [-0.3, -0.25) is 9.59 Å². The van der Waals surface area contributed by atoms with Gasteiger partial charge in [-0.1, -0.05) is 27.7 Å². The molecule has 1 N–H and O–H groups in total. The molecule has 0 aliphatic rings. The van der Waals surface area contributed by atoms with Crippen LogP contribution in [0.2, 0.25) is 0 Å². The van der Waals surface area contributed by atoms with Crippen molar-refractivity contribution in [2.45, 2.75) is 27.7 Å². The monoisotopic (exact) mass is 293 g/mol. The van der Waals surface area contributed by atoms with Gasteiger partial charge in [-0.05, 0) is 25.1 Å². The van der Waals surface area contributed by atoms with E-state index in [4.69, 9.17) is 0 Å². The molecule has 1 aromatic heterocycles. The van der Waals surface area contributed by atoms with Crippen molar-refractivity contribution in [3.05, 3.63) is 34.2 Å². The highest BCUT2D eigenvalue weighted by Gasteiger charge is 2.17. The average molecular weight is 293 g/mol. The molecule has 1 amide bonds. The van der Waals surface area contributed by atoms with Crippen molar-refractivity contribution in [1.29, 1.82) is 0 Å². The Balaban J connectivity index is 2.81. The summed E-state index contributed by atoms with van der Waals surface area (Å²) < 4.78 is 0. The molecule has 5 heteroatoms. The number of carbonyl (C=O) groups excluding carboxylic acids is 1. The number of H-pyrrole nitrogens is 1. The summed E-state index contributed by atoms with van der Waals surface area (Å²) in [5.74, 6) is 0.328. The van der Waals surface area contributed by atoms with Crippen molar-refractivity contribution in [3.8, 4) is 0 Å². The lowest BCUT2D eigenvalue weighted by molar-refractivity contribution is 0.0716. The van der Waals surface area contributed by atoms with E-state index in [0.29, 0.717) is 24.6 Å². The summed E-state index contributed by atoms with van der Waals surface area (Å²) >= 11 is 0. The highest BCUT2D eigenvalue weighted by Crippen LogP contribution is 2.06. The third-order valence-corrected chi connectivity index (χ3v) is 3.48. The van der Waals surface area contributed by atoms with Gasteiger partial charge in [0.15, 0.2) is 0 Å². The largest absolute Gasteiger partial charge is 0.337 e. The molecule has 0 unspecified atom stereocenters. The van der Waals surface area contributed by atoms with Crippen LogP contribution in [-0.4, -0.2) is 53.4 Å². The number of hydrogen-bond acceptors (Lipinski definition) is 3. The van der Waals surface area contributed by atoms with E-state index in [2.05, 4.69) is 37.6 Å². The molecular formula is C16H27N3O2. The molecule has 0 bridgehead atoms. The van der Waals surface area contributed by atoms with E-state index in [1.54, 1.807) is 6.07 Å². The molecule has 0 saturated heterocycles. The molecule has 0 aliphatic carbocycles. The zero-order valence-corrected chi connectivity index (χ0v) is 13.6. The van der Waals surface area contributed by atoms with Crippen molar-refractivity contribution in [1.82, 2.24) is 14.8 Å². The molecule has 0 atom stereocenters. The van der Waals surface area contributed by atoms with E-state index in [0.717, 1.165) is 19.6 Å². The number of amides is 1. The van der Waals surface area contributed by atoms with Crippen molar-refractivity contribution >= 4 is 5.91 Å². The van der Waals surface area contributed by atoms with Gasteiger partial charge < -0.3 is 14.8 Å². The number of rotatable bonds is 8. The second-order valence-electron chi connectivity index (χ2n) is 5.61. The number of nitrogens with one attached hydrogen (secondary N) is 1. The van der Waals surface area contributed by atoms with Gasteiger partial charge in [0.1, 0.15) is 0 Å². The molecule has 0 radical (unpaired) electrons. The molecule has 5 nitrogen and oxygen atoms in total.